The van der Waals surface area contributed by atoms with Crippen LogP contribution in [0.3, 0.4) is 0 Å². The largest absolute Gasteiger partial charge is 0.481 e. The summed E-state index contributed by atoms with van der Waals surface area (Å²) in [4.78, 5) is 30.3. The van der Waals surface area contributed by atoms with Crippen LogP contribution in [-0.4, -0.2) is 29.4 Å². The summed E-state index contributed by atoms with van der Waals surface area (Å²) in [6.45, 7) is -0.0862. The predicted molar refractivity (Wildman–Crippen MR) is 34.5 cm³/mol. The van der Waals surface area contributed by atoms with Gasteiger partial charge >= 0.3 is 17.8 Å². The Bertz CT molecular complexity index is 189. The van der Waals surface area contributed by atoms with Crippen LogP contribution in [0, 0.1) is 0 Å². The van der Waals surface area contributed by atoms with E-state index in [1.807, 2.05) is 5.32 Å². The summed E-state index contributed by atoms with van der Waals surface area (Å²) in [7, 11) is 0. The molecule has 62 valence electrons. The number of carbonyl (C=O) groups excluding carboxylic acids is 2. The van der Waals surface area contributed by atoms with Crippen molar-refractivity contribution in [3.05, 3.63) is 0 Å². The highest BCUT2D eigenvalue weighted by atomic mass is 16.4. The normalized spacial score (nSPS) is 8.73. The SMILES string of the molecule is NC(=O)C(=O)NCCC(=O)O. The van der Waals surface area contributed by atoms with Gasteiger partial charge in [-0.25, -0.2) is 0 Å². The molecule has 0 aliphatic carbocycles. The Kier molecular flexibility index (Phi) is 3.65. The molecule has 2 amide bonds. The standard InChI is InChI=1S/C5H8N2O4/c6-4(10)5(11)7-2-1-3(8)9/h1-2H2,(H2,6,10)(H,7,11)(H,8,9). The highest BCUT2D eigenvalue weighted by Crippen LogP contribution is 1.74. The minimum absolute atomic E-state index is 0.0862. The number of hydrogen-bond acceptors (Lipinski definition) is 3. The average molecular weight is 160 g/mol. The molecule has 0 aromatic rings. The minimum atomic E-state index is -1.12. The van der Waals surface area contributed by atoms with Crippen molar-refractivity contribution in [3.63, 3.8) is 0 Å². The Morgan fingerprint density at radius 1 is 1.36 bits per heavy atom. The van der Waals surface area contributed by atoms with Gasteiger partial charge in [-0.1, -0.05) is 0 Å². The lowest BCUT2D eigenvalue weighted by Crippen LogP contribution is -2.37. The van der Waals surface area contributed by atoms with Crippen molar-refractivity contribution in [3.8, 4) is 0 Å². The molecule has 0 heterocycles. The molecule has 6 heteroatoms. The summed E-state index contributed by atoms with van der Waals surface area (Å²) in [5, 5.41) is 10.1. The van der Waals surface area contributed by atoms with Gasteiger partial charge in [-0.3, -0.25) is 14.4 Å². The smallest absolute Gasteiger partial charge is 0.309 e. The van der Waals surface area contributed by atoms with Gasteiger partial charge in [0.2, 0.25) is 0 Å². The molecule has 11 heavy (non-hydrogen) atoms. The fraction of sp³-hybridized carbons (Fsp3) is 0.400. The summed E-state index contributed by atoms with van der Waals surface area (Å²) in [6.07, 6.45) is -0.223. The van der Waals surface area contributed by atoms with Gasteiger partial charge in [-0.2, -0.15) is 0 Å². The van der Waals surface area contributed by atoms with Crippen LogP contribution < -0.4 is 11.1 Å². The molecule has 0 saturated heterocycles. The summed E-state index contributed by atoms with van der Waals surface area (Å²) in [5.41, 5.74) is 4.55. The topological polar surface area (TPSA) is 109 Å². The quantitative estimate of drug-likeness (QED) is 0.417. The highest BCUT2D eigenvalue weighted by molar-refractivity contribution is 6.34. The lowest BCUT2D eigenvalue weighted by molar-refractivity contribution is -0.139. The summed E-state index contributed by atoms with van der Waals surface area (Å²) < 4.78 is 0. The molecule has 0 rings (SSSR count). The monoisotopic (exact) mass is 160 g/mol. The second-order valence-corrected chi connectivity index (χ2v) is 1.76. The molecule has 0 radical (unpaired) electrons. The Balaban J connectivity index is 3.47. The first-order valence-corrected chi connectivity index (χ1v) is 2.83. The van der Waals surface area contributed by atoms with Crippen LogP contribution in [0.25, 0.3) is 0 Å². The molecule has 0 bridgehead atoms. The molecule has 0 aliphatic rings. The number of hydrogen-bond donors (Lipinski definition) is 3. The van der Waals surface area contributed by atoms with E-state index in [1.54, 1.807) is 0 Å². The summed E-state index contributed by atoms with van der Waals surface area (Å²) >= 11 is 0. The average Bonchev–Trinajstić information content (AvgIpc) is 1.86. The lowest BCUT2D eigenvalue weighted by Gasteiger charge is -1.97. The first kappa shape index (κ1) is 9.41. The van der Waals surface area contributed by atoms with Crippen molar-refractivity contribution >= 4 is 17.8 Å². The van der Waals surface area contributed by atoms with Gasteiger partial charge in [0.15, 0.2) is 0 Å². The van der Waals surface area contributed by atoms with E-state index in [0.717, 1.165) is 0 Å². The molecule has 0 aromatic heterocycles. The van der Waals surface area contributed by atoms with Crippen LogP contribution in [0.4, 0.5) is 0 Å². The molecule has 0 spiro atoms. The zero-order valence-electron chi connectivity index (χ0n) is 5.66. The maximum atomic E-state index is 10.3. The van der Waals surface area contributed by atoms with Gasteiger partial charge in [0.05, 0.1) is 6.42 Å². The molecular weight excluding hydrogens is 152 g/mol. The van der Waals surface area contributed by atoms with Crippen molar-refractivity contribution < 1.29 is 19.5 Å². The number of amides is 2. The van der Waals surface area contributed by atoms with E-state index in [0.29, 0.717) is 0 Å². The van der Waals surface area contributed by atoms with E-state index in [4.69, 9.17) is 5.11 Å². The third-order valence-corrected chi connectivity index (χ3v) is 0.848. The van der Waals surface area contributed by atoms with Crippen molar-refractivity contribution in [2.75, 3.05) is 6.54 Å². The van der Waals surface area contributed by atoms with E-state index >= 15 is 0 Å². The fourth-order valence-corrected chi connectivity index (χ4v) is 0.370. The predicted octanol–water partition coefficient (Wildman–Crippen LogP) is -1.94. The second kappa shape index (κ2) is 4.26. The van der Waals surface area contributed by atoms with E-state index < -0.39 is 17.8 Å². The molecule has 0 unspecified atom stereocenters. The van der Waals surface area contributed by atoms with E-state index in [-0.39, 0.29) is 13.0 Å². The Labute approximate surface area is 62.4 Å². The number of carboxylic acid groups (broad SMARTS) is 1. The number of aliphatic carboxylic acids is 1. The third-order valence-electron chi connectivity index (χ3n) is 0.848. The number of rotatable bonds is 3. The van der Waals surface area contributed by atoms with Crippen LogP contribution in [0.15, 0.2) is 0 Å². The van der Waals surface area contributed by atoms with E-state index in [2.05, 4.69) is 5.73 Å². The lowest BCUT2D eigenvalue weighted by atomic mass is 10.4. The van der Waals surface area contributed by atoms with Crippen molar-refractivity contribution in [2.45, 2.75) is 6.42 Å². The van der Waals surface area contributed by atoms with Crippen molar-refractivity contribution in [1.29, 1.82) is 0 Å². The van der Waals surface area contributed by atoms with Gasteiger partial charge in [-0.15, -0.1) is 0 Å². The van der Waals surface area contributed by atoms with E-state index in [9.17, 15) is 14.4 Å². The number of carbonyl (C=O) groups is 3. The number of nitrogens with one attached hydrogen (secondary N) is 1. The number of carboxylic acids is 1. The van der Waals surface area contributed by atoms with Crippen LogP contribution in [0.1, 0.15) is 6.42 Å². The highest BCUT2D eigenvalue weighted by Gasteiger charge is 2.07. The van der Waals surface area contributed by atoms with Gasteiger partial charge in [-0.05, 0) is 0 Å². The minimum Gasteiger partial charge on any atom is -0.481 e. The molecule has 4 N–H and O–H groups in total. The Morgan fingerprint density at radius 2 is 1.91 bits per heavy atom. The van der Waals surface area contributed by atoms with Gasteiger partial charge in [0, 0.05) is 6.54 Å². The summed E-state index contributed by atoms with van der Waals surface area (Å²) in [6, 6.07) is 0. The number of nitrogens with two attached hydrogens (primary N) is 1. The molecule has 0 aliphatic heterocycles. The van der Waals surface area contributed by atoms with Crippen LogP contribution in [0.5, 0.6) is 0 Å². The summed E-state index contributed by atoms with van der Waals surface area (Å²) in [5.74, 6) is -3.13. The zero-order valence-corrected chi connectivity index (χ0v) is 5.66. The molecule has 0 atom stereocenters. The molecule has 0 fully saturated rings. The first-order chi connectivity index (χ1) is 5.04. The van der Waals surface area contributed by atoms with Gasteiger partial charge < -0.3 is 16.2 Å². The van der Waals surface area contributed by atoms with Crippen LogP contribution >= 0.6 is 0 Å². The van der Waals surface area contributed by atoms with Gasteiger partial charge in [0.25, 0.3) is 0 Å². The number of primary amides is 1. The molecule has 0 saturated carbocycles. The zero-order chi connectivity index (χ0) is 8.85. The van der Waals surface area contributed by atoms with Crippen LogP contribution in [0.2, 0.25) is 0 Å². The molecule has 0 aromatic carbocycles. The van der Waals surface area contributed by atoms with Crippen molar-refractivity contribution in [1.82, 2.24) is 5.32 Å². The maximum absolute atomic E-state index is 10.3. The van der Waals surface area contributed by atoms with Crippen LogP contribution in [-0.2, 0) is 14.4 Å². The van der Waals surface area contributed by atoms with Gasteiger partial charge in [0.1, 0.15) is 0 Å². The first-order valence-electron chi connectivity index (χ1n) is 2.83. The third kappa shape index (κ3) is 4.89. The second-order valence-electron chi connectivity index (χ2n) is 1.76. The molecule has 6 nitrogen and oxygen atoms in total. The fourth-order valence-electron chi connectivity index (χ4n) is 0.370. The molecular formula is C5H8N2O4. The van der Waals surface area contributed by atoms with E-state index in [1.165, 1.54) is 0 Å². The Morgan fingerprint density at radius 3 is 2.27 bits per heavy atom. The van der Waals surface area contributed by atoms with Crippen molar-refractivity contribution in [2.24, 2.45) is 5.73 Å². The maximum Gasteiger partial charge on any atom is 0.309 e. The Hall–Kier alpha value is -1.59.